The maximum absolute atomic E-state index is 12.5. The van der Waals surface area contributed by atoms with E-state index in [1.807, 2.05) is 35.7 Å². The number of aromatic nitrogens is 1. The lowest BCUT2D eigenvalue weighted by molar-refractivity contribution is -0.120. The van der Waals surface area contributed by atoms with Crippen molar-refractivity contribution in [3.05, 3.63) is 59.0 Å². The summed E-state index contributed by atoms with van der Waals surface area (Å²) in [6.07, 6.45) is 0. The molecule has 0 saturated heterocycles. The minimum absolute atomic E-state index is 0.0189. The van der Waals surface area contributed by atoms with E-state index < -0.39 is 0 Å². The van der Waals surface area contributed by atoms with Crippen LogP contribution in [0.2, 0.25) is 0 Å². The molecule has 0 atom stereocenters. The summed E-state index contributed by atoms with van der Waals surface area (Å²) in [5, 5.41) is 5.29. The van der Waals surface area contributed by atoms with Gasteiger partial charge in [-0.1, -0.05) is 24.3 Å². The molecule has 4 rings (SSSR count). The monoisotopic (exact) mass is 409 g/mol. The number of carbonyl (C=O) groups excluding carboxylic acids is 2. The molecule has 0 bridgehead atoms. The van der Waals surface area contributed by atoms with Crippen molar-refractivity contribution in [2.45, 2.75) is 18.7 Å². The molecule has 1 aromatic heterocycles. The second kappa shape index (κ2) is 7.77. The van der Waals surface area contributed by atoms with Crippen molar-refractivity contribution >= 4 is 45.7 Å². The van der Waals surface area contributed by atoms with Crippen LogP contribution in [0, 0.1) is 13.8 Å². The van der Waals surface area contributed by atoms with E-state index in [1.54, 1.807) is 4.90 Å². The van der Waals surface area contributed by atoms with Gasteiger partial charge in [0.15, 0.2) is 5.13 Å². The van der Waals surface area contributed by atoms with Crippen molar-refractivity contribution in [1.82, 2.24) is 4.98 Å². The zero-order chi connectivity index (χ0) is 19.7. The van der Waals surface area contributed by atoms with Gasteiger partial charge >= 0.3 is 0 Å². The zero-order valence-corrected chi connectivity index (χ0v) is 17.2. The highest BCUT2D eigenvalue weighted by molar-refractivity contribution is 8.00. The summed E-state index contributed by atoms with van der Waals surface area (Å²) in [7, 11) is 0. The van der Waals surface area contributed by atoms with Gasteiger partial charge in [0.25, 0.3) is 0 Å². The summed E-state index contributed by atoms with van der Waals surface area (Å²) >= 11 is 2.88. The standard InChI is InChI=1S/C21H19N3O2S2/c1-13-7-8-15(9-14(13)2)16-11-28-21(22-16)23-19(25)10-24-17-5-3-4-6-18(17)27-12-20(24)26/h3-9,11H,10,12H2,1-2H3,(H,22,23,25). The predicted molar refractivity (Wildman–Crippen MR) is 115 cm³/mol. The third-order valence-corrected chi connectivity index (χ3v) is 6.47. The molecule has 28 heavy (non-hydrogen) atoms. The van der Waals surface area contributed by atoms with Crippen molar-refractivity contribution in [2.75, 3.05) is 22.5 Å². The van der Waals surface area contributed by atoms with Crippen LogP contribution in [0.25, 0.3) is 11.3 Å². The first-order chi connectivity index (χ1) is 13.5. The highest BCUT2D eigenvalue weighted by atomic mass is 32.2. The van der Waals surface area contributed by atoms with E-state index in [2.05, 4.69) is 36.3 Å². The van der Waals surface area contributed by atoms with Crippen LogP contribution in [0.4, 0.5) is 10.8 Å². The average Bonchev–Trinajstić information content (AvgIpc) is 3.14. The van der Waals surface area contributed by atoms with Gasteiger partial charge in [-0.25, -0.2) is 4.98 Å². The molecule has 0 spiro atoms. The quantitative estimate of drug-likeness (QED) is 0.689. The first-order valence-corrected chi connectivity index (χ1v) is 10.7. The van der Waals surface area contributed by atoms with E-state index >= 15 is 0 Å². The summed E-state index contributed by atoms with van der Waals surface area (Å²) in [6.45, 7) is 4.12. The van der Waals surface area contributed by atoms with Crippen LogP contribution in [0.15, 0.2) is 52.7 Å². The highest BCUT2D eigenvalue weighted by Crippen LogP contribution is 2.34. The SMILES string of the molecule is Cc1ccc(-c2csc(NC(=O)CN3C(=O)CSc4ccccc43)n2)cc1C. The van der Waals surface area contributed by atoms with Gasteiger partial charge in [-0.15, -0.1) is 23.1 Å². The number of fused-ring (bicyclic) bond motifs is 1. The Morgan fingerprint density at radius 3 is 2.82 bits per heavy atom. The molecule has 142 valence electrons. The molecule has 7 heteroatoms. The Morgan fingerprint density at radius 1 is 1.18 bits per heavy atom. The van der Waals surface area contributed by atoms with Gasteiger partial charge in [0.2, 0.25) is 11.8 Å². The molecule has 3 aromatic rings. The molecular weight excluding hydrogens is 390 g/mol. The summed E-state index contributed by atoms with van der Waals surface area (Å²) in [5.41, 5.74) is 5.08. The number of para-hydroxylation sites is 1. The number of anilines is 2. The van der Waals surface area contributed by atoms with E-state index in [9.17, 15) is 9.59 Å². The lowest BCUT2D eigenvalue weighted by Crippen LogP contribution is -2.41. The normalized spacial score (nSPS) is 13.4. The average molecular weight is 410 g/mol. The fourth-order valence-corrected chi connectivity index (χ4v) is 4.67. The van der Waals surface area contributed by atoms with Gasteiger partial charge in [0.1, 0.15) is 6.54 Å². The summed E-state index contributed by atoms with van der Waals surface area (Å²) in [5.74, 6) is 0.0307. The Balaban J connectivity index is 1.47. The number of carbonyl (C=O) groups is 2. The first kappa shape index (κ1) is 18.7. The van der Waals surface area contributed by atoms with E-state index in [0.29, 0.717) is 10.9 Å². The fraction of sp³-hybridized carbons (Fsp3) is 0.190. The third-order valence-electron chi connectivity index (χ3n) is 4.66. The Labute approximate surface area is 171 Å². The number of benzene rings is 2. The van der Waals surface area contributed by atoms with Crippen LogP contribution in [-0.2, 0) is 9.59 Å². The fourth-order valence-electron chi connectivity index (χ4n) is 2.99. The number of nitrogens with one attached hydrogen (secondary N) is 1. The van der Waals surface area contributed by atoms with Crippen molar-refractivity contribution in [2.24, 2.45) is 0 Å². The first-order valence-electron chi connectivity index (χ1n) is 8.86. The molecule has 2 amide bonds. The molecule has 2 aromatic carbocycles. The number of aryl methyl sites for hydroxylation is 2. The lowest BCUT2D eigenvalue weighted by Gasteiger charge is -2.28. The van der Waals surface area contributed by atoms with Crippen molar-refractivity contribution in [3.8, 4) is 11.3 Å². The Bertz CT molecular complexity index is 1060. The maximum Gasteiger partial charge on any atom is 0.246 e. The van der Waals surface area contributed by atoms with E-state index in [0.717, 1.165) is 21.8 Å². The van der Waals surface area contributed by atoms with Crippen LogP contribution in [0.3, 0.4) is 0 Å². The van der Waals surface area contributed by atoms with E-state index in [4.69, 9.17) is 0 Å². The van der Waals surface area contributed by atoms with Gasteiger partial charge in [-0.05, 0) is 43.2 Å². The van der Waals surface area contributed by atoms with Crippen LogP contribution in [0.1, 0.15) is 11.1 Å². The third kappa shape index (κ3) is 3.81. The number of hydrogen-bond acceptors (Lipinski definition) is 5. The highest BCUT2D eigenvalue weighted by Gasteiger charge is 2.26. The number of thiazole rings is 1. The molecule has 1 N–H and O–H groups in total. The molecule has 0 unspecified atom stereocenters. The summed E-state index contributed by atoms with van der Waals surface area (Å²) in [6, 6.07) is 13.8. The van der Waals surface area contributed by atoms with Crippen LogP contribution in [-0.4, -0.2) is 29.1 Å². The second-order valence-corrected chi connectivity index (χ2v) is 8.50. The van der Waals surface area contributed by atoms with Gasteiger partial charge in [0.05, 0.1) is 17.1 Å². The topological polar surface area (TPSA) is 62.3 Å². The second-order valence-electron chi connectivity index (χ2n) is 6.62. The number of rotatable bonds is 4. The van der Waals surface area contributed by atoms with Gasteiger partial charge in [-0.3, -0.25) is 9.59 Å². The maximum atomic E-state index is 12.5. The molecule has 1 aliphatic heterocycles. The number of thioether (sulfide) groups is 1. The number of hydrogen-bond donors (Lipinski definition) is 1. The zero-order valence-electron chi connectivity index (χ0n) is 15.6. The summed E-state index contributed by atoms with van der Waals surface area (Å²) < 4.78 is 0. The lowest BCUT2D eigenvalue weighted by atomic mass is 10.1. The smallest absolute Gasteiger partial charge is 0.246 e. The largest absolute Gasteiger partial charge is 0.301 e. The van der Waals surface area contributed by atoms with Gasteiger partial charge in [-0.2, -0.15) is 0 Å². The molecule has 0 saturated carbocycles. The van der Waals surface area contributed by atoms with Gasteiger partial charge < -0.3 is 10.2 Å². The Hall–Kier alpha value is -2.64. The van der Waals surface area contributed by atoms with Crippen LogP contribution >= 0.6 is 23.1 Å². The molecule has 5 nitrogen and oxygen atoms in total. The minimum Gasteiger partial charge on any atom is -0.301 e. The molecule has 0 fully saturated rings. The molecule has 0 aliphatic carbocycles. The minimum atomic E-state index is -0.254. The van der Waals surface area contributed by atoms with Gasteiger partial charge in [0, 0.05) is 15.8 Å². The van der Waals surface area contributed by atoms with Crippen molar-refractivity contribution in [1.29, 1.82) is 0 Å². The Morgan fingerprint density at radius 2 is 2.00 bits per heavy atom. The predicted octanol–water partition coefficient (Wildman–Crippen LogP) is 4.50. The molecule has 2 heterocycles. The van der Waals surface area contributed by atoms with Crippen LogP contribution < -0.4 is 10.2 Å². The molecular formula is C21H19N3O2S2. The Kier molecular flexibility index (Phi) is 5.19. The number of nitrogens with zero attached hydrogens (tertiary/aromatic N) is 2. The molecule has 1 aliphatic rings. The molecule has 0 radical (unpaired) electrons. The van der Waals surface area contributed by atoms with E-state index in [1.165, 1.54) is 34.2 Å². The van der Waals surface area contributed by atoms with Crippen molar-refractivity contribution < 1.29 is 9.59 Å². The number of amides is 2. The van der Waals surface area contributed by atoms with E-state index in [-0.39, 0.29) is 18.4 Å². The van der Waals surface area contributed by atoms with Crippen molar-refractivity contribution in [3.63, 3.8) is 0 Å². The van der Waals surface area contributed by atoms with Crippen LogP contribution in [0.5, 0.6) is 0 Å². The summed E-state index contributed by atoms with van der Waals surface area (Å²) in [4.78, 5) is 31.9.